The number of benzene rings is 2. The van der Waals surface area contributed by atoms with Crippen LogP contribution in [0, 0.1) is 20.8 Å². The van der Waals surface area contributed by atoms with E-state index in [0.29, 0.717) is 15.3 Å². The SMILES string of the molecule is Cc1ccc(CSc2ncc(Br)c(C(=O)Nc3ccc(C)cc3C)n2)cc1. The van der Waals surface area contributed by atoms with Gasteiger partial charge in [-0.15, -0.1) is 0 Å². The number of thioether (sulfide) groups is 1. The summed E-state index contributed by atoms with van der Waals surface area (Å²) in [6.07, 6.45) is 1.63. The Labute approximate surface area is 172 Å². The van der Waals surface area contributed by atoms with Crippen LogP contribution < -0.4 is 5.32 Å². The summed E-state index contributed by atoms with van der Waals surface area (Å²) in [5, 5.41) is 3.51. The number of hydrogen-bond donors (Lipinski definition) is 1. The van der Waals surface area contributed by atoms with E-state index in [1.54, 1.807) is 6.20 Å². The zero-order chi connectivity index (χ0) is 19.4. The zero-order valence-corrected chi connectivity index (χ0v) is 17.8. The topological polar surface area (TPSA) is 54.9 Å². The fourth-order valence-corrected chi connectivity index (χ4v) is 3.69. The van der Waals surface area contributed by atoms with Gasteiger partial charge in [0.25, 0.3) is 5.91 Å². The van der Waals surface area contributed by atoms with E-state index in [-0.39, 0.29) is 5.91 Å². The smallest absolute Gasteiger partial charge is 0.275 e. The van der Waals surface area contributed by atoms with Gasteiger partial charge in [0.05, 0.1) is 4.47 Å². The predicted molar refractivity (Wildman–Crippen MR) is 114 cm³/mol. The third-order valence-corrected chi connectivity index (χ3v) is 5.57. The molecule has 1 heterocycles. The second kappa shape index (κ2) is 8.67. The monoisotopic (exact) mass is 441 g/mol. The van der Waals surface area contributed by atoms with Crippen molar-refractivity contribution in [1.29, 1.82) is 0 Å². The number of aryl methyl sites for hydroxylation is 3. The molecule has 3 rings (SSSR count). The van der Waals surface area contributed by atoms with Gasteiger partial charge in [-0.05, 0) is 53.9 Å². The van der Waals surface area contributed by atoms with Crippen molar-refractivity contribution >= 4 is 39.3 Å². The number of nitrogens with zero attached hydrogens (tertiary/aromatic N) is 2. The van der Waals surface area contributed by atoms with Gasteiger partial charge in [0.1, 0.15) is 5.69 Å². The minimum absolute atomic E-state index is 0.256. The van der Waals surface area contributed by atoms with E-state index in [1.165, 1.54) is 22.9 Å². The highest BCUT2D eigenvalue weighted by Crippen LogP contribution is 2.24. The Morgan fingerprint density at radius 2 is 1.78 bits per heavy atom. The highest BCUT2D eigenvalue weighted by molar-refractivity contribution is 9.10. The summed E-state index contributed by atoms with van der Waals surface area (Å²) in [6, 6.07) is 14.3. The first kappa shape index (κ1) is 19.6. The molecule has 0 spiro atoms. The Balaban J connectivity index is 1.74. The van der Waals surface area contributed by atoms with Crippen molar-refractivity contribution in [1.82, 2.24) is 9.97 Å². The van der Waals surface area contributed by atoms with E-state index in [9.17, 15) is 4.79 Å². The van der Waals surface area contributed by atoms with Crippen LogP contribution in [0.3, 0.4) is 0 Å². The molecule has 0 atom stereocenters. The molecule has 3 aromatic rings. The van der Waals surface area contributed by atoms with Gasteiger partial charge in [-0.3, -0.25) is 4.79 Å². The molecule has 0 radical (unpaired) electrons. The molecule has 1 aromatic heterocycles. The van der Waals surface area contributed by atoms with Gasteiger partial charge in [-0.25, -0.2) is 9.97 Å². The van der Waals surface area contributed by atoms with Crippen LogP contribution in [0.2, 0.25) is 0 Å². The van der Waals surface area contributed by atoms with Crippen molar-refractivity contribution in [3.63, 3.8) is 0 Å². The van der Waals surface area contributed by atoms with Crippen LogP contribution in [0.15, 0.2) is 58.3 Å². The zero-order valence-electron chi connectivity index (χ0n) is 15.4. The molecule has 0 unspecified atom stereocenters. The van der Waals surface area contributed by atoms with Crippen molar-refractivity contribution < 1.29 is 4.79 Å². The van der Waals surface area contributed by atoms with Crippen LogP contribution in [0.5, 0.6) is 0 Å². The fourth-order valence-electron chi connectivity index (χ4n) is 2.55. The Morgan fingerprint density at radius 1 is 1.07 bits per heavy atom. The van der Waals surface area contributed by atoms with E-state index in [1.807, 2.05) is 32.0 Å². The van der Waals surface area contributed by atoms with Gasteiger partial charge in [0, 0.05) is 17.6 Å². The highest BCUT2D eigenvalue weighted by atomic mass is 79.9. The average Bonchev–Trinajstić information content (AvgIpc) is 2.64. The largest absolute Gasteiger partial charge is 0.320 e. The van der Waals surface area contributed by atoms with E-state index in [0.717, 1.165) is 22.6 Å². The van der Waals surface area contributed by atoms with Gasteiger partial charge in [-0.1, -0.05) is 59.3 Å². The van der Waals surface area contributed by atoms with Crippen LogP contribution in [-0.4, -0.2) is 15.9 Å². The first-order chi connectivity index (χ1) is 12.9. The summed E-state index contributed by atoms with van der Waals surface area (Å²) in [5.41, 5.74) is 5.71. The van der Waals surface area contributed by atoms with Crippen LogP contribution >= 0.6 is 27.7 Å². The molecule has 0 aliphatic rings. The standard InChI is InChI=1S/C21H20BrN3OS/c1-13-4-7-16(8-5-13)12-27-21-23-11-17(22)19(25-21)20(26)24-18-9-6-14(2)10-15(18)3/h4-11H,12H2,1-3H3,(H,24,26). The Kier molecular flexibility index (Phi) is 6.29. The summed E-state index contributed by atoms with van der Waals surface area (Å²) >= 11 is 4.89. The lowest BCUT2D eigenvalue weighted by Gasteiger charge is -2.10. The molecule has 2 aromatic carbocycles. The molecular weight excluding hydrogens is 422 g/mol. The molecule has 0 bridgehead atoms. The number of carbonyl (C=O) groups excluding carboxylic acids is 1. The molecule has 138 valence electrons. The molecule has 27 heavy (non-hydrogen) atoms. The number of rotatable bonds is 5. The number of halogens is 1. The van der Waals surface area contributed by atoms with Crippen LogP contribution in [0.1, 0.15) is 32.7 Å². The Bertz CT molecular complexity index is 974. The predicted octanol–water partition coefficient (Wildman–Crippen LogP) is 5.71. The summed E-state index contributed by atoms with van der Waals surface area (Å²) in [4.78, 5) is 21.5. The Morgan fingerprint density at radius 3 is 2.48 bits per heavy atom. The van der Waals surface area contributed by atoms with Gasteiger partial charge < -0.3 is 5.32 Å². The second-order valence-electron chi connectivity index (χ2n) is 6.40. The minimum atomic E-state index is -0.256. The number of amides is 1. The number of hydrogen-bond acceptors (Lipinski definition) is 4. The van der Waals surface area contributed by atoms with Gasteiger partial charge >= 0.3 is 0 Å². The van der Waals surface area contributed by atoms with Crippen molar-refractivity contribution in [3.05, 3.63) is 81.1 Å². The molecular formula is C21H20BrN3OS. The summed E-state index contributed by atoms with van der Waals surface area (Å²) in [6.45, 7) is 6.06. The lowest BCUT2D eigenvalue weighted by molar-refractivity contribution is 0.102. The molecule has 0 aliphatic carbocycles. The normalized spacial score (nSPS) is 10.7. The van der Waals surface area contributed by atoms with E-state index >= 15 is 0 Å². The molecule has 4 nitrogen and oxygen atoms in total. The maximum atomic E-state index is 12.7. The molecule has 1 N–H and O–H groups in total. The second-order valence-corrected chi connectivity index (χ2v) is 8.19. The number of anilines is 1. The fraction of sp³-hybridized carbons (Fsp3) is 0.190. The third-order valence-electron chi connectivity index (χ3n) is 4.06. The average molecular weight is 442 g/mol. The molecule has 6 heteroatoms. The van der Waals surface area contributed by atoms with Gasteiger partial charge in [0.15, 0.2) is 5.16 Å². The van der Waals surface area contributed by atoms with Crippen molar-refractivity contribution in [2.45, 2.75) is 31.7 Å². The molecule has 0 saturated carbocycles. The van der Waals surface area contributed by atoms with Crippen LogP contribution in [0.25, 0.3) is 0 Å². The van der Waals surface area contributed by atoms with Crippen molar-refractivity contribution in [2.75, 3.05) is 5.32 Å². The van der Waals surface area contributed by atoms with Crippen molar-refractivity contribution in [2.24, 2.45) is 0 Å². The van der Waals surface area contributed by atoms with Gasteiger partial charge in [0.2, 0.25) is 0 Å². The molecule has 1 amide bonds. The van der Waals surface area contributed by atoms with Gasteiger partial charge in [-0.2, -0.15) is 0 Å². The lowest BCUT2D eigenvalue weighted by Crippen LogP contribution is -2.16. The maximum absolute atomic E-state index is 12.7. The van der Waals surface area contributed by atoms with Crippen molar-refractivity contribution in [3.8, 4) is 0 Å². The quantitative estimate of drug-likeness (QED) is 0.406. The van der Waals surface area contributed by atoms with E-state index in [2.05, 4.69) is 62.4 Å². The highest BCUT2D eigenvalue weighted by Gasteiger charge is 2.15. The first-order valence-electron chi connectivity index (χ1n) is 8.52. The molecule has 0 saturated heterocycles. The Hall–Kier alpha value is -2.18. The minimum Gasteiger partial charge on any atom is -0.320 e. The summed E-state index contributed by atoms with van der Waals surface area (Å²) < 4.78 is 0.574. The molecule has 0 fully saturated rings. The summed E-state index contributed by atoms with van der Waals surface area (Å²) in [5.74, 6) is 0.494. The summed E-state index contributed by atoms with van der Waals surface area (Å²) in [7, 11) is 0. The van der Waals surface area contributed by atoms with E-state index in [4.69, 9.17) is 0 Å². The van der Waals surface area contributed by atoms with Crippen LogP contribution in [-0.2, 0) is 5.75 Å². The van der Waals surface area contributed by atoms with E-state index < -0.39 is 0 Å². The number of aromatic nitrogens is 2. The third kappa shape index (κ3) is 5.17. The number of carbonyl (C=O) groups is 1. The lowest BCUT2D eigenvalue weighted by atomic mass is 10.1. The van der Waals surface area contributed by atoms with Crippen LogP contribution in [0.4, 0.5) is 5.69 Å². The maximum Gasteiger partial charge on any atom is 0.275 e. The first-order valence-corrected chi connectivity index (χ1v) is 10.3. The molecule has 0 aliphatic heterocycles. The number of nitrogens with one attached hydrogen (secondary N) is 1.